The van der Waals surface area contributed by atoms with Gasteiger partial charge >= 0.3 is 0 Å². The summed E-state index contributed by atoms with van der Waals surface area (Å²) < 4.78 is 11.0. The Labute approximate surface area is 93.5 Å². The summed E-state index contributed by atoms with van der Waals surface area (Å²) in [6.07, 6.45) is 2.93. The Balaban J connectivity index is 1.91. The second-order valence-electron chi connectivity index (χ2n) is 4.59. The van der Waals surface area contributed by atoms with Crippen LogP contribution in [0, 0.1) is 5.92 Å². The van der Waals surface area contributed by atoms with Crippen molar-refractivity contribution in [2.75, 3.05) is 26.4 Å². The van der Waals surface area contributed by atoms with Crippen LogP contribution in [0.15, 0.2) is 0 Å². The molecule has 15 heavy (non-hydrogen) atoms. The fraction of sp³-hybridized carbons (Fsp3) is 1.00. The highest BCUT2D eigenvalue weighted by Gasteiger charge is 2.20. The predicted molar refractivity (Wildman–Crippen MR) is 62.1 cm³/mol. The molecular weight excluding hydrogens is 190 g/mol. The summed E-state index contributed by atoms with van der Waals surface area (Å²) in [6.45, 7) is 9.68. The summed E-state index contributed by atoms with van der Waals surface area (Å²) in [7, 11) is 0. The van der Waals surface area contributed by atoms with Crippen molar-refractivity contribution in [2.45, 2.75) is 45.8 Å². The largest absolute Gasteiger partial charge is 0.379 e. The van der Waals surface area contributed by atoms with Crippen molar-refractivity contribution in [3.05, 3.63) is 0 Å². The van der Waals surface area contributed by atoms with Gasteiger partial charge in [0.15, 0.2) is 0 Å². The molecule has 0 aliphatic heterocycles. The van der Waals surface area contributed by atoms with E-state index in [1.165, 1.54) is 12.8 Å². The van der Waals surface area contributed by atoms with Crippen LogP contribution in [0.1, 0.15) is 33.6 Å². The van der Waals surface area contributed by atoms with E-state index in [-0.39, 0.29) is 6.10 Å². The minimum Gasteiger partial charge on any atom is -0.379 e. The molecule has 0 aromatic carbocycles. The number of ether oxygens (including phenoxy) is 2. The van der Waals surface area contributed by atoms with Crippen LogP contribution in [0.5, 0.6) is 0 Å². The van der Waals surface area contributed by atoms with Gasteiger partial charge in [0.05, 0.1) is 19.3 Å². The van der Waals surface area contributed by atoms with Gasteiger partial charge in [-0.2, -0.15) is 0 Å². The first-order valence-corrected chi connectivity index (χ1v) is 6.15. The zero-order valence-electron chi connectivity index (χ0n) is 10.3. The smallest absolute Gasteiger partial charge is 0.0780 e. The molecule has 1 saturated carbocycles. The van der Waals surface area contributed by atoms with Gasteiger partial charge in [0.2, 0.25) is 0 Å². The summed E-state index contributed by atoms with van der Waals surface area (Å²) >= 11 is 0. The third-order valence-corrected chi connectivity index (χ3v) is 2.55. The summed E-state index contributed by atoms with van der Waals surface area (Å²) in [5, 5.41) is 3.51. The van der Waals surface area contributed by atoms with Gasteiger partial charge in [-0.25, -0.2) is 0 Å². The number of nitrogens with one attached hydrogen (secondary N) is 1. The lowest BCUT2D eigenvalue weighted by molar-refractivity contribution is -0.0148. The van der Waals surface area contributed by atoms with Gasteiger partial charge < -0.3 is 14.8 Å². The first-order valence-electron chi connectivity index (χ1n) is 6.15. The fourth-order valence-electron chi connectivity index (χ4n) is 1.37. The van der Waals surface area contributed by atoms with Crippen molar-refractivity contribution in [1.82, 2.24) is 5.32 Å². The Morgan fingerprint density at radius 3 is 2.60 bits per heavy atom. The first-order chi connectivity index (χ1) is 7.22. The molecule has 0 saturated heterocycles. The van der Waals surface area contributed by atoms with Gasteiger partial charge in [0.25, 0.3) is 0 Å². The molecular formula is C12H25NO2. The van der Waals surface area contributed by atoms with E-state index in [4.69, 9.17) is 9.47 Å². The van der Waals surface area contributed by atoms with Gasteiger partial charge in [-0.05, 0) is 32.6 Å². The summed E-state index contributed by atoms with van der Waals surface area (Å²) in [6, 6.07) is 0.799. The van der Waals surface area contributed by atoms with Crippen molar-refractivity contribution in [1.29, 1.82) is 0 Å². The molecule has 1 N–H and O–H groups in total. The van der Waals surface area contributed by atoms with Crippen LogP contribution in [-0.4, -0.2) is 38.5 Å². The van der Waals surface area contributed by atoms with Gasteiger partial charge in [-0.15, -0.1) is 0 Å². The van der Waals surface area contributed by atoms with E-state index >= 15 is 0 Å². The molecule has 1 aliphatic carbocycles. The Bertz CT molecular complexity index is 160. The van der Waals surface area contributed by atoms with Crippen LogP contribution >= 0.6 is 0 Å². The minimum atomic E-state index is 0.216. The van der Waals surface area contributed by atoms with Gasteiger partial charge in [-0.3, -0.25) is 0 Å². The Hall–Kier alpha value is -0.120. The molecule has 1 rings (SSSR count). The van der Waals surface area contributed by atoms with Crippen LogP contribution in [0.3, 0.4) is 0 Å². The topological polar surface area (TPSA) is 30.5 Å². The average molecular weight is 215 g/mol. The monoisotopic (exact) mass is 215 g/mol. The molecule has 2 unspecified atom stereocenters. The highest BCUT2D eigenvalue weighted by Crippen LogP contribution is 2.18. The van der Waals surface area contributed by atoms with Crippen molar-refractivity contribution >= 4 is 0 Å². The lowest BCUT2D eigenvalue weighted by Gasteiger charge is -2.17. The summed E-state index contributed by atoms with van der Waals surface area (Å²) in [5.74, 6) is 0.592. The van der Waals surface area contributed by atoms with Crippen LogP contribution in [0.2, 0.25) is 0 Å². The fourth-order valence-corrected chi connectivity index (χ4v) is 1.37. The lowest BCUT2D eigenvalue weighted by atomic mass is 10.2. The Morgan fingerprint density at radius 2 is 2.00 bits per heavy atom. The maximum absolute atomic E-state index is 5.69. The molecule has 0 aromatic heterocycles. The second kappa shape index (κ2) is 7.20. The number of hydrogen-bond donors (Lipinski definition) is 1. The standard InChI is InChI=1S/C12H25NO2/c1-4-14-9-11(3)15-8-10(2)7-13-12-5-6-12/h10-13H,4-9H2,1-3H3. The molecule has 1 aliphatic rings. The third-order valence-electron chi connectivity index (χ3n) is 2.55. The van der Waals surface area contributed by atoms with E-state index in [0.717, 1.165) is 25.8 Å². The van der Waals surface area contributed by atoms with Crippen LogP contribution < -0.4 is 5.32 Å². The molecule has 90 valence electrons. The van der Waals surface area contributed by atoms with Gasteiger partial charge in [-0.1, -0.05) is 6.92 Å². The first kappa shape index (κ1) is 12.9. The van der Waals surface area contributed by atoms with E-state index in [1.54, 1.807) is 0 Å². The van der Waals surface area contributed by atoms with Crippen molar-refractivity contribution in [3.63, 3.8) is 0 Å². The zero-order valence-corrected chi connectivity index (χ0v) is 10.3. The molecule has 0 aromatic rings. The molecule has 3 heteroatoms. The third kappa shape index (κ3) is 6.88. The van der Waals surface area contributed by atoms with Gasteiger partial charge in [0, 0.05) is 19.2 Å². The second-order valence-corrected chi connectivity index (χ2v) is 4.59. The maximum Gasteiger partial charge on any atom is 0.0780 e. The highest BCUT2D eigenvalue weighted by molar-refractivity contribution is 4.81. The Morgan fingerprint density at radius 1 is 1.27 bits per heavy atom. The molecule has 0 bridgehead atoms. The predicted octanol–water partition coefficient (Wildman–Crippen LogP) is 1.82. The molecule has 0 heterocycles. The SMILES string of the molecule is CCOCC(C)OCC(C)CNC1CC1. The van der Waals surface area contributed by atoms with Crippen molar-refractivity contribution in [3.8, 4) is 0 Å². The molecule has 2 atom stereocenters. The molecule has 0 spiro atoms. The van der Waals surface area contributed by atoms with E-state index in [0.29, 0.717) is 12.5 Å². The van der Waals surface area contributed by atoms with Crippen LogP contribution in [0.4, 0.5) is 0 Å². The Kier molecular flexibility index (Phi) is 6.22. The summed E-state index contributed by atoms with van der Waals surface area (Å²) in [4.78, 5) is 0. The number of rotatable bonds is 9. The normalized spacial score (nSPS) is 20.2. The van der Waals surface area contributed by atoms with E-state index in [1.807, 2.05) is 6.92 Å². The highest BCUT2D eigenvalue weighted by atomic mass is 16.5. The van der Waals surface area contributed by atoms with Crippen molar-refractivity contribution < 1.29 is 9.47 Å². The average Bonchev–Trinajstić information content (AvgIpc) is 3.04. The van der Waals surface area contributed by atoms with E-state index < -0.39 is 0 Å². The zero-order chi connectivity index (χ0) is 11.1. The molecule has 0 amide bonds. The van der Waals surface area contributed by atoms with Crippen LogP contribution in [-0.2, 0) is 9.47 Å². The van der Waals surface area contributed by atoms with Crippen molar-refractivity contribution in [2.24, 2.45) is 5.92 Å². The molecule has 0 radical (unpaired) electrons. The van der Waals surface area contributed by atoms with Crippen LogP contribution in [0.25, 0.3) is 0 Å². The molecule has 1 fully saturated rings. The van der Waals surface area contributed by atoms with E-state index in [9.17, 15) is 0 Å². The van der Waals surface area contributed by atoms with Gasteiger partial charge in [0.1, 0.15) is 0 Å². The quantitative estimate of drug-likeness (QED) is 0.636. The number of hydrogen-bond acceptors (Lipinski definition) is 3. The lowest BCUT2D eigenvalue weighted by Crippen LogP contribution is -2.28. The minimum absolute atomic E-state index is 0.216. The maximum atomic E-state index is 5.69. The molecule has 3 nitrogen and oxygen atoms in total. The summed E-state index contributed by atoms with van der Waals surface area (Å²) in [5.41, 5.74) is 0. The van der Waals surface area contributed by atoms with E-state index in [2.05, 4.69) is 19.2 Å².